The maximum Gasteiger partial charge on any atom is 0.335 e. The molecule has 0 saturated carbocycles. The van der Waals surface area contributed by atoms with Gasteiger partial charge in [-0.05, 0) is 48.9 Å². The standard InChI is InChI=1S/C16H15BrO4/c1-10-7-13(4-5-14(10)16(18)19)21-9-11-8-12(17)3-6-15(11)20-2/h3-8H,9H2,1-2H3,(H,18,19). The van der Waals surface area contributed by atoms with Gasteiger partial charge in [0.05, 0.1) is 12.7 Å². The van der Waals surface area contributed by atoms with Crippen molar-refractivity contribution in [2.75, 3.05) is 7.11 Å². The summed E-state index contributed by atoms with van der Waals surface area (Å²) in [6.07, 6.45) is 0. The number of rotatable bonds is 5. The molecule has 0 fully saturated rings. The summed E-state index contributed by atoms with van der Waals surface area (Å²) >= 11 is 3.41. The molecule has 0 aliphatic heterocycles. The Morgan fingerprint density at radius 3 is 2.62 bits per heavy atom. The lowest BCUT2D eigenvalue weighted by molar-refractivity contribution is 0.0696. The SMILES string of the molecule is COc1ccc(Br)cc1COc1ccc(C(=O)O)c(C)c1. The van der Waals surface area contributed by atoms with Crippen LogP contribution in [0.1, 0.15) is 21.5 Å². The lowest BCUT2D eigenvalue weighted by Crippen LogP contribution is -2.02. The first-order valence-corrected chi connectivity index (χ1v) is 7.09. The molecule has 21 heavy (non-hydrogen) atoms. The van der Waals surface area contributed by atoms with Gasteiger partial charge in [-0.25, -0.2) is 4.79 Å². The van der Waals surface area contributed by atoms with Crippen LogP contribution < -0.4 is 9.47 Å². The van der Waals surface area contributed by atoms with Gasteiger partial charge in [0, 0.05) is 10.0 Å². The number of benzene rings is 2. The van der Waals surface area contributed by atoms with E-state index in [0.717, 1.165) is 15.8 Å². The van der Waals surface area contributed by atoms with Gasteiger partial charge in [0.2, 0.25) is 0 Å². The van der Waals surface area contributed by atoms with Crippen molar-refractivity contribution in [2.45, 2.75) is 13.5 Å². The summed E-state index contributed by atoms with van der Waals surface area (Å²) in [6.45, 7) is 2.09. The number of carboxylic acid groups (broad SMARTS) is 1. The van der Waals surface area contributed by atoms with Crippen LogP contribution in [0.4, 0.5) is 0 Å². The highest BCUT2D eigenvalue weighted by Crippen LogP contribution is 2.25. The zero-order valence-corrected chi connectivity index (χ0v) is 13.3. The molecule has 0 radical (unpaired) electrons. The van der Waals surface area contributed by atoms with E-state index in [1.807, 2.05) is 18.2 Å². The smallest absolute Gasteiger partial charge is 0.335 e. The monoisotopic (exact) mass is 350 g/mol. The zero-order valence-electron chi connectivity index (χ0n) is 11.7. The second-order valence-corrected chi connectivity index (χ2v) is 5.44. The van der Waals surface area contributed by atoms with Crippen molar-refractivity contribution in [3.63, 3.8) is 0 Å². The van der Waals surface area contributed by atoms with E-state index >= 15 is 0 Å². The van der Waals surface area contributed by atoms with Crippen molar-refractivity contribution in [1.82, 2.24) is 0 Å². The third-order valence-electron chi connectivity index (χ3n) is 3.07. The summed E-state index contributed by atoms with van der Waals surface area (Å²) in [7, 11) is 1.61. The molecule has 0 aliphatic rings. The second-order valence-electron chi connectivity index (χ2n) is 4.53. The van der Waals surface area contributed by atoms with Gasteiger partial charge in [0.25, 0.3) is 0 Å². The van der Waals surface area contributed by atoms with E-state index in [1.165, 1.54) is 0 Å². The normalized spacial score (nSPS) is 10.2. The first-order valence-electron chi connectivity index (χ1n) is 6.30. The highest BCUT2D eigenvalue weighted by molar-refractivity contribution is 9.10. The number of ether oxygens (including phenoxy) is 2. The van der Waals surface area contributed by atoms with Crippen LogP contribution >= 0.6 is 15.9 Å². The third-order valence-corrected chi connectivity index (χ3v) is 3.56. The molecule has 0 heterocycles. The van der Waals surface area contributed by atoms with Crippen LogP contribution in [0.2, 0.25) is 0 Å². The van der Waals surface area contributed by atoms with Gasteiger partial charge in [-0.15, -0.1) is 0 Å². The zero-order chi connectivity index (χ0) is 15.4. The maximum atomic E-state index is 11.0. The fourth-order valence-electron chi connectivity index (χ4n) is 1.99. The predicted octanol–water partition coefficient (Wildman–Crippen LogP) is 4.04. The fraction of sp³-hybridized carbons (Fsp3) is 0.188. The van der Waals surface area contributed by atoms with Crippen molar-refractivity contribution in [2.24, 2.45) is 0 Å². The number of carbonyl (C=O) groups is 1. The summed E-state index contributed by atoms with van der Waals surface area (Å²) in [4.78, 5) is 11.0. The molecule has 0 unspecified atom stereocenters. The minimum atomic E-state index is -0.937. The van der Waals surface area contributed by atoms with Crippen molar-refractivity contribution in [1.29, 1.82) is 0 Å². The Labute approximate surface area is 131 Å². The van der Waals surface area contributed by atoms with Crippen LogP contribution in [0.3, 0.4) is 0 Å². The molecule has 0 aromatic heterocycles. The van der Waals surface area contributed by atoms with Crippen molar-refractivity contribution in [3.05, 3.63) is 57.6 Å². The van der Waals surface area contributed by atoms with Gasteiger partial charge in [0.1, 0.15) is 18.1 Å². The van der Waals surface area contributed by atoms with E-state index < -0.39 is 5.97 Å². The number of carboxylic acids is 1. The molecule has 0 atom stereocenters. The minimum absolute atomic E-state index is 0.280. The Morgan fingerprint density at radius 2 is 2.00 bits per heavy atom. The Kier molecular flexibility index (Phi) is 4.85. The Bertz CT molecular complexity index is 667. The largest absolute Gasteiger partial charge is 0.496 e. The van der Waals surface area contributed by atoms with Gasteiger partial charge < -0.3 is 14.6 Å². The molecule has 110 valence electrons. The number of halogens is 1. The van der Waals surface area contributed by atoms with E-state index in [1.54, 1.807) is 32.2 Å². The van der Waals surface area contributed by atoms with Crippen LogP contribution in [-0.2, 0) is 6.61 Å². The average Bonchev–Trinajstić information content (AvgIpc) is 2.45. The number of hydrogen-bond donors (Lipinski definition) is 1. The van der Waals surface area contributed by atoms with Crippen molar-refractivity contribution in [3.8, 4) is 11.5 Å². The summed E-state index contributed by atoms with van der Waals surface area (Å²) in [5, 5.41) is 9.00. The molecule has 0 aliphatic carbocycles. The van der Waals surface area contributed by atoms with Crippen LogP contribution in [-0.4, -0.2) is 18.2 Å². The molecule has 0 amide bonds. The Balaban J connectivity index is 2.15. The number of methoxy groups -OCH3 is 1. The topological polar surface area (TPSA) is 55.8 Å². The Hall–Kier alpha value is -2.01. The summed E-state index contributed by atoms with van der Waals surface area (Å²) < 4.78 is 11.9. The molecule has 4 nitrogen and oxygen atoms in total. The molecule has 0 saturated heterocycles. The Morgan fingerprint density at radius 1 is 1.24 bits per heavy atom. The van der Waals surface area contributed by atoms with Gasteiger partial charge in [-0.3, -0.25) is 0 Å². The third kappa shape index (κ3) is 3.76. The minimum Gasteiger partial charge on any atom is -0.496 e. The quantitative estimate of drug-likeness (QED) is 0.883. The van der Waals surface area contributed by atoms with Crippen molar-refractivity contribution < 1.29 is 19.4 Å². The molecule has 0 spiro atoms. The average molecular weight is 351 g/mol. The predicted molar refractivity (Wildman–Crippen MR) is 83.2 cm³/mol. The van der Waals surface area contributed by atoms with E-state index in [-0.39, 0.29) is 5.56 Å². The van der Waals surface area contributed by atoms with E-state index in [0.29, 0.717) is 17.9 Å². The van der Waals surface area contributed by atoms with E-state index in [4.69, 9.17) is 14.6 Å². The molecular weight excluding hydrogens is 336 g/mol. The lowest BCUT2D eigenvalue weighted by atomic mass is 10.1. The van der Waals surface area contributed by atoms with Crippen LogP contribution in [0.5, 0.6) is 11.5 Å². The fourth-order valence-corrected chi connectivity index (χ4v) is 2.40. The molecule has 5 heteroatoms. The highest BCUT2D eigenvalue weighted by atomic mass is 79.9. The van der Waals surface area contributed by atoms with Crippen molar-refractivity contribution >= 4 is 21.9 Å². The summed E-state index contributed by atoms with van der Waals surface area (Å²) in [6, 6.07) is 10.6. The molecule has 2 rings (SSSR count). The maximum absolute atomic E-state index is 11.0. The van der Waals surface area contributed by atoms with Gasteiger partial charge >= 0.3 is 5.97 Å². The van der Waals surface area contributed by atoms with Gasteiger partial charge in [0.15, 0.2) is 0 Å². The molecular formula is C16H15BrO4. The number of hydrogen-bond acceptors (Lipinski definition) is 3. The number of aromatic carboxylic acids is 1. The van der Waals surface area contributed by atoms with E-state index in [2.05, 4.69) is 15.9 Å². The van der Waals surface area contributed by atoms with E-state index in [9.17, 15) is 4.79 Å². The van der Waals surface area contributed by atoms with Gasteiger partial charge in [-0.2, -0.15) is 0 Å². The molecule has 2 aromatic carbocycles. The molecule has 1 N–H and O–H groups in total. The summed E-state index contributed by atoms with van der Waals surface area (Å²) in [5.41, 5.74) is 1.86. The first-order chi connectivity index (χ1) is 10.0. The first kappa shape index (κ1) is 15.4. The highest BCUT2D eigenvalue weighted by Gasteiger charge is 2.09. The lowest BCUT2D eigenvalue weighted by Gasteiger charge is -2.11. The second kappa shape index (κ2) is 6.63. The molecule has 2 aromatic rings. The van der Waals surface area contributed by atoms with Crippen LogP contribution in [0.25, 0.3) is 0 Å². The van der Waals surface area contributed by atoms with Crippen LogP contribution in [0.15, 0.2) is 40.9 Å². The van der Waals surface area contributed by atoms with Gasteiger partial charge in [-0.1, -0.05) is 15.9 Å². The molecule has 0 bridgehead atoms. The summed E-state index contributed by atoms with van der Waals surface area (Å²) in [5.74, 6) is 0.435. The van der Waals surface area contributed by atoms with Crippen LogP contribution in [0, 0.1) is 6.92 Å². The number of aryl methyl sites for hydroxylation is 1.